The lowest BCUT2D eigenvalue weighted by Gasteiger charge is -2.08. The summed E-state index contributed by atoms with van der Waals surface area (Å²) in [5, 5.41) is 22.8. The van der Waals surface area contributed by atoms with Gasteiger partial charge in [0.15, 0.2) is 0 Å². The van der Waals surface area contributed by atoms with E-state index in [9.17, 15) is 9.59 Å². The molecule has 0 aliphatic heterocycles. The van der Waals surface area contributed by atoms with E-state index in [0.717, 1.165) is 17.5 Å². The molecule has 0 heterocycles. The molecule has 0 spiro atoms. The first kappa shape index (κ1) is 18.0. The molecule has 0 aliphatic carbocycles. The molecule has 1 amide bonds. The summed E-state index contributed by atoms with van der Waals surface area (Å²) in [6.07, 6.45) is 1.72. The van der Waals surface area contributed by atoms with Gasteiger partial charge in [-0.2, -0.15) is 5.26 Å². The molecule has 7 nitrogen and oxygen atoms in total. The molecule has 1 unspecified atom stereocenters. The van der Waals surface area contributed by atoms with Crippen molar-refractivity contribution in [2.24, 2.45) is 0 Å². The molecule has 1 rings (SSSR count). The quantitative estimate of drug-likeness (QED) is 0.483. The highest BCUT2D eigenvalue weighted by molar-refractivity contribution is 5.97. The fraction of sp³-hybridized carbons (Fsp3) is 0.312. The van der Waals surface area contributed by atoms with Crippen molar-refractivity contribution in [2.75, 3.05) is 13.7 Å². The molecule has 0 saturated heterocycles. The van der Waals surface area contributed by atoms with E-state index in [1.807, 2.05) is 24.3 Å². The second-order valence-electron chi connectivity index (χ2n) is 4.75. The zero-order chi connectivity index (χ0) is 17.2. The number of carbonyl (C=O) groups is 2. The second-order valence-corrected chi connectivity index (χ2v) is 4.75. The summed E-state index contributed by atoms with van der Waals surface area (Å²) in [5.41, 5.74) is 0.846. The minimum Gasteiger partial charge on any atom is -0.497 e. The number of methoxy groups -OCH3 is 1. The van der Waals surface area contributed by atoms with Crippen molar-refractivity contribution in [3.05, 3.63) is 41.6 Å². The Bertz CT molecular complexity index is 617. The van der Waals surface area contributed by atoms with Gasteiger partial charge in [-0.05, 0) is 31.0 Å². The summed E-state index contributed by atoms with van der Waals surface area (Å²) in [6.45, 7) is 1.77. The van der Waals surface area contributed by atoms with Crippen LogP contribution in [0.25, 0.3) is 0 Å². The van der Waals surface area contributed by atoms with Gasteiger partial charge in [-0.15, -0.1) is 0 Å². The van der Waals surface area contributed by atoms with Crippen molar-refractivity contribution in [3.63, 3.8) is 0 Å². The first-order valence-corrected chi connectivity index (χ1v) is 6.98. The zero-order valence-corrected chi connectivity index (χ0v) is 13.0. The van der Waals surface area contributed by atoms with Crippen molar-refractivity contribution >= 4 is 11.9 Å². The van der Waals surface area contributed by atoms with Crippen LogP contribution >= 0.6 is 0 Å². The van der Waals surface area contributed by atoms with E-state index in [-0.39, 0.29) is 5.57 Å². The van der Waals surface area contributed by atoms with Gasteiger partial charge in [-0.1, -0.05) is 12.1 Å². The van der Waals surface area contributed by atoms with Crippen LogP contribution in [0.1, 0.15) is 12.5 Å². The average molecular weight is 317 g/mol. The predicted octanol–water partition coefficient (Wildman–Crippen LogP) is 0.824. The van der Waals surface area contributed by atoms with Gasteiger partial charge in [0.25, 0.3) is 5.91 Å². The average Bonchev–Trinajstić information content (AvgIpc) is 2.55. The van der Waals surface area contributed by atoms with Crippen LogP contribution in [0.15, 0.2) is 36.0 Å². The molecule has 23 heavy (non-hydrogen) atoms. The van der Waals surface area contributed by atoms with Crippen molar-refractivity contribution in [1.82, 2.24) is 10.6 Å². The standard InChI is InChI=1S/C16H19N3O4/c1-11(16(21)22)19-10-13(9-17)15(20)18-8-7-12-3-5-14(23-2)6-4-12/h3-6,10-11,19H,7-8H2,1-2H3,(H,18,20)(H,21,22)/b13-10-. The number of amides is 1. The van der Waals surface area contributed by atoms with Crippen molar-refractivity contribution in [2.45, 2.75) is 19.4 Å². The highest BCUT2D eigenvalue weighted by Gasteiger charge is 2.11. The largest absolute Gasteiger partial charge is 0.497 e. The fourth-order valence-electron chi connectivity index (χ4n) is 1.64. The van der Waals surface area contributed by atoms with Crippen LogP contribution in [0.4, 0.5) is 0 Å². The van der Waals surface area contributed by atoms with E-state index < -0.39 is 17.9 Å². The Morgan fingerprint density at radius 1 is 1.39 bits per heavy atom. The fourth-order valence-corrected chi connectivity index (χ4v) is 1.64. The number of aliphatic carboxylic acids is 1. The van der Waals surface area contributed by atoms with Gasteiger partial charge < -0.3 is 20.5 Å². The van der Waals surface area contributed by atoms with Crippen molar-refractivity contribution in [3.8, 4) is 11.8 Å². The third-order valence-corrected chi connectivity index (χ3v) is 3.07. The van der Waals surface area contributed by atoms with E-state index in [2.05, 4.69) is 10.6 Å². The van der Waals surface area contributed by atoms with Crippen molar-refractivity contribution in [1.29, 1.82) is 5.26 Å². The Kier molecular flexibility index (Phi) is 7.14. The first-order chi connectivity index (χ1) is 11.0. The molecule has 1 aromatic carbocycles. The topological polar surface area (TPSA) is 111 Å². The van der Waals surface area contributed by atoms with Crippen LogP contribution in [-0.2, 0) is 16.0 Å². The number of ether oxygens (including phenoxy) is 1. The number of carbonyl (C=O) groups excluding carboxylic acids is 1. The molecule has 0 aliphatic rings. The van der Waals surface area contributed by atoms with Gasteiger partial charge in [0.1, 0.15) is 23.4 Å². The Hall–Kier alpha value is -3.01. The maximum atomic E-state index is 11.8. The van der Waals surface area contributed by atoms with Gasteiger partial charge in [0, 0.05) is 12.7 Å². The molecule has 0 bridgehead atoms. The highest BCUT2D eigenvalue weighted by Crippen LogP contribution is 2.11. The number of hydrogen-bond acceptors (Lipinski definition) is 5. The molecule has 3 N–H and O–H groups in total. The van der Waals surface area contributed by atoms with E-state index >= 15 is 0 Å². The van der Waals surface area contributed by atoms with E-state index in [0.29, 0.717) is 13.0 Å². The Balaban J connectivity index is 2.48. The molecule has 1 aromatic rings. The predicted molar refractivity (Wildman–Crippen MR) is 83.6 cm³/mol. The van der Waals surface area contributed by atoms with Crippen LogP contribution in [0.3, 0.4) is 0 Å². The van der Waals surface area contributed by atoms with Crippen LogP contribution < -0.4 is 15.4 Å². The Labute approximate surface area is 134 Å². The van der Waals surface area contributed by atoms with Gasteiger partial charge in [0.2, 0.25) is 0 Å². The molecule has 122 valence electrons. The summed E-state index contributed by atoms with van der Waals surface area (Å²) >= 11 is 0. The molecule has 0 radical (unpaired) electrons. The van der Waals surface area contributed by atoms with E-state index in [1.165, 1.54) is 6.92 Å². The maximum absolute atomic E-state index is 11.8. The molecule has 0 fully saturated rings. The van der Waals surface area contributed by atoms with Crippen LogP contribution in [0, 0.1) is 11.3 Å². The van der Waals surface area contributed by atoms with Crippen LogP contribution in [-0.4, -0.2) is 36.7 Å². The minimum absolute atomic E-state index is 0.173. The van der Waals surface area contributed by atoms with E-state index in [1.54, 1.807) is 13.2 Å². The number of benzene rings is 1. The molecule has 0 saturated carbocycles. The number of nitriles is 1. The third kappa shape index (κ3) is 6.09. The number of nitrogens with zero attached hydrogens (tertiary/aromatic N) is 1. The molecule has 1 atom stereocenters. The molecular formula is C16H19N3O4. The Morgan fingerprint density at radius 3 is 2.57 bits per heavy atom. The Morgan fingerprint density at radius 2 is 2.04 bits per heavy atom. The first-order valence-electron chi connectivity index (χ1n) is 6.98. The van der Waals surface area contributed by atoms with Gasteiger partial charge in [0.05, 0.1) is 7.11 Å². The number of rotatable bonds is 8. The normalized spacial score (nSPS) is 12.0. The smallest absolute Gasteiger partial charge is 0.325 e. The summed E-state index contributed by atoms with van der Waals surface area (Å²) in [6, 6.07) is 8.29. The monoisotopic (exact) mass is 317 g/mol. The van der Waals surface area contributed by atoms with Crippen LogP contribution in [0.2, 0.25) is 0 Å². The third-order valence-electron chi connectivity index (χ3n) is 3.07. The lowest BCUT2D eigenvalue weighted by atomic mass is 10.1. The summed E-state index contributed by atoms with van der Waals surface area (Å²) in [7, 11) is 1.59. The minimum atomic E-state index is -1.07. The van der Waals surface area contributed by atoms with Gasteiger partial charge in [-0.3, -0.25) is 9.59 Å². The highest BCUT2D eigenvalue weighted by atomic mass is 16.5. The summed E-state index contributed by atoms with van der Waals surface area (Å²) in [5.74, 6) is -0.865. The number of hydrogen-bond donors (Lipinski definition) is 3. The van der Waals surface area contributed by atoms with Gasteiger partial charge >= 0.3 is 5.97 Å². The molecule has 0 aromatic heterocycles. The molecular weight excluding hydrogens is 298 g/mol. The summed E-state index contributed by atoms with van der Waals surface area (Å²) in [4.78, 5) is 22.5. The zero-order valence-electron chi connectivity index (χ0n) is 13.0. The SMILES string of the molecule is COc1ccc(CCNC(=O)/C(C#N)=C\NC(C)C(=O)O)cc1. The lowest BCUT2D eigenvalue weighted by Crippen LogP contribution is -2.32. The number of carboxylic acids is 1. The summed E-state index contributed by atoms with van der Waals surface area (Å²) < 4.78 is 5.06. The van der Waals surface area contributed by atoms with Crippen molar-refractivity contribution < 1.29 is 19.4 Å². The lowest BCUT2D eigenvalue weighted by molar-refractivity contribution is -0.138. The molecule has 7 heteroatoms. The second kappa shape index (κ2) is 9.10. The number of nitrogens with one attached hydrogen (secondary N) is 2. The van der Waals surface area contributed by atoms with Crippen LogP contribution in [0.5, 0.6) is 5.75 Å². The maximum Gasteiger partial charge on any atom is 0.325 e. The van der Waals surface area contributed by atoms with Gasteiger partial charge in [-0.25, -0.2) is 0 Å². The van der Waals surface area contributed by atoms with E-state index in [4.69, 9.17) is 15.1 Å². The number of carboxylic acid groups (broad SMARTS) is 1.